The number of hydrogen-bond acceptors (Lipinski definition) is 4. The van der Waals surface area contributed by atoms with Gasteiger partial charge in [-0.3, -0.25) is 9.69 Å². The number of ether oxygens (including phenoxy) is 1. The topological polar surface area (TPSA) is 61.8 Å². The number of nitrogens with one attached hydrogen (secondary N) is 1. The molecule has 0 saturated heterocycles. The standard InChI is InChI=1S/C17H26N2O3/c1-12(19(4)11-17(2,3)21)16(20)18-14-9-10-22-15-8-6-5-7-13(14)15/h5-8,12,14,21H,9-11H2,1-4H3,(H,18,20). The average Bonchev–Trinajstić information content (AvgIpc) is 2.45. The molecule has 0 aromatic heterocycles. The highest BCUT2D eigenvalue weighted by Crippen LogP contribution is 2.31. The number of carbonyl (C=O) groups excluding carboxylic acids is 1. The highest BCUT2D eigenvalue weighted by atomic mass is 16.5. The lowest BCUT2D eigenvalue weighted by Gasteiger charge is -2.32. The molecule has 1 aliphatic heterocycles. The first-order chi connectivity index (χ1) is 10.3. The number of rotatable bonds is 5. The van der Waals surface area contributed by atoms with Gasteiger partial charge in [-0.2, -0.15) is 0 Å². The van der Waals surface area contributed by atoms with Crippen molar-refractivity contribution in [2.24, 2.45) is 0 Å². The minimum atomic E-state index is -0.825. The predicted molar refractivity (Wildman–Crippen MR) is 85.8 cm³/mol. The smallest absolute Gasteiger partial charge is 0.237 e. The van der Waals surface area contributed by atoms with Crippen LogP contribution >= 0.6 is 0 Å². The summed E-state index contributed by atoms with van der Waals surface area (Å²) in [7, 11) is 1.85. The van der Waals surface area contributed by atoms with Gasteiger partial charge in [-0.05, 0) is 33.9 Å². The summed E-state index contributed by atoms with van der Waals surface area (Å²) in [6.45, 7) is 6.37. The Kier molecular flexibility index (Phi) is 5.08. The van der Waals surface area contributed by atoms with Crippen molar-refractivity contribution >= 4 is 5.91 Å². The van der Waals surface area contributed by atoms with Crippen LogP contribution in [-0.4, -0.2) is 47.8 Å². The highest BCUT2D eigenvalue weighted by Gasteiger charge is 2.27. The summed E-state index contributed by atoms with van der Waals surface area (Å²) < 4.78 is 5.61. The quantitative estimate of drug-likeness (QED) is 0.869. The van der Waals surface area contributed by atoms with Crippen LogP contribution < -0.4 is 10.1 Å². The number of nitrogens with zero attached hydrogens (tertiary/aromatic N) is 1. The lowest BCUT2D eigenvalue weighted by molar-refractivity contribution is -0.127. The molecule has 0 fully saturated rings. The van der Waals surface area contributed by atoms with Gasteiger partial charge in [-0.15, -0.1) is 0 Å². The SMILES string of the molecule is CC(C(=O)NC1CCOc2ccccc21)N(C)CC(C)(C)O. The number of carbonyl (C=O) groups is 1. The Bertz CT molecular complexity index is 525. The van der Waals surface area contributed by atoms with E-state index < -0.39 is 5.60 Å². The second-order valence-electron chi connectivity index (χ2n) is 6.64. The summed E-state index contributed by atoms with van der Waals surface area (Å²) in [5, 5.41) is 13.0. The number of aliphatic hydroxyl groups is 1. The normalized spacial score (nSPS) is 19.3. The van der Waals surface area contributed by atoms with E-state index in [9.17, 15) is 9.90 Å². The number of fused-ring (bicyclic) bond motifs is 1. The molecule has 2 rings (SSSR count). The van der Waals surface area contributed by atoms with Crippen LogP contribution in [0, 0.1) is 0 Å². The van der Waals surface area contributed by atoms with Crippen LogP contribution in [0.3, 0.4) is 0 Å². The van der Waals surface area contributed by atoms with E-state index >= 15 is 0 Å². The van der Waals surface area contributed by atoms with Crippen molar-refractivity contribution in [2.45, 2.75) is 44.9 Å². The second-order valence-corrected chi connectivity index (χ2v) is 6.64. The molecule has 0 saturated carbocycles. The summed E-state index contributed by atoms with van der Waals surface area (Å²) in [5.41, 5.74) is 0.202. The number of benzene rings is 1. The van der Waals surface area contributed by atoms with Crippen LogP contribution in [-0.2, 0) is 4.79 Å². The van der Waals surface area contributed by atoms with Crippen LogP contribution in [0.2, 0.25) is 0 Å². The Morgan fingerprint density at radius 1 is 1.50 bits per heavy atom. The molecule has 2 atom stereocenters. The molecule has 1 amide bonds. The Labute approximate surface area is 132 Å². The molecule has 1 heterocycles. The fourth-order valence-corrected chi connectivity index (χ4v) is 2.73. The van der Waals surface area contributed by atoms with Crippen LogP contribution in [0.5, 0.6) is 5.75 Å². The van der Waals surface area contributed by atoms with E-state index in [1.54, 1.807) is 13.8 Å². The number of likely N-dealkylation sites (N-methyl/N-ethyl adjacent to an activating group) is 1. The molecular weight excluding hydrogens is 280 g/mol. The lowest BCUT2D eigenvalue weighted by atomic mass is 10.00. The summed E-state index contributed by atoms with van der Waals surface area (Å²) in [6, 6.07) is 7.48. The molecule has 22 heavy (non-hydrogen) atoms. The first-order valence-electron chi connectivity index (χ1n) is 7.72. The second kappa shape index (κ2) is 6.67. The molecule has 1 aromatic rings. The van der Waals surface area contributed by atoms with E-state index in [0.29, 0.717) is 13.2 Å². The van der Waals surface area contributed by atoms with Gasteiger partial charge >= 0.3 is 0 Å². The maximum Gasteiger partial charge on any atom is 0.237 e. The van der Waals surface area contributed by atoms with Gasteiger partial charge in [0.2, 0.25) is 5.91 Å². The van der Waals surface area contributed by atoms with Gasteiger partial charge in [0, 0.05) is 18.5 Å². The van der Waals surface area contributed by atoms with Crippen molar-refractivity contribution in [3.05, 3.63) is 29.8 Å². The van der Waals surface area contributed by atoms with E-state index in [4.69, 9.17) is 4.74 Å². The first kappa shape index (κ1) is 16.8. The molecular formula is C17H26N2O3. The minimum absolute atomic E-state index is 0.0181. The summed E-state index contributed by atoms with van der Waals surface area (Å²) in [5.74, 6) is 0.810. The maximum atomic E-state index is 12.5. The van der Waals surface area contributed by atoms with Crippen molar-refractivity contribution in [1.29, 1.82) is 0 Å². The van der Waals surface area contributed by atoms with E-state index in [-0.39, 0.29) is 18.0 Å². The van der Waals surface area contributed by atoms with Crippen LogP contribution in [0.15, 0.2) is 24.3 Å². The van der Waals surface area contributed by atoms with E-state index in [2.05, 4.69) is 5.32 Å². The van der Waals surface area contributed by atoms with Gasteiger partial charge in [-0.1, -0.05) is 18.2 Å². The Morgan fingerprint density at radius 3 is 2.86 bits per heavy atom. The number of amides is 1. The van der Waals surface area contributed by atoms with Gasteiger partial charge in [0.1, 0.15) is 5.75 Å². The number of para-hydroxylation sites is 1. The van der Waals surface area contributed by atoms with Gasteiger partial charge in [0.05, 0.1) is 24.3 Å². The average molecular weight is 306 g/mol. The van der Waals surface area contributed by atoms with Gasteiger partial charge < -0.3 is 15.2 Å². The molecule has 0 radical (unpaired) electrons. The fraction of sp³-hybridized carbons (Fsp3) is 0.588. The van der Waals surface area contributed by atoms with Crippen LogP contribution in [0.4, 0.5) is 0 Å². The van der Waals surface area contributed by atoms with Gasteiger partial charge in [0.25, 0.3) is 0 Å². The molecule has 5 heteroatoms. The Morgan fingerprint density at radius 2 is 2.18 bits per heavy atom. The van der Waals surface area contributed by atoms with Gasteiger partial charge in [-0.25, -0.2) is 0 Å². The Hall–Kier alpha value is -1.59. The fourth-order valence-electron chi connectivity index (χ4n) is 2.73. The minimum Gasteiger partial charge on any atom is -0.493 e. The number of hydrogen-bond donors (Lipinski definition) is 2. The zero-order chi connectivity index (χ0) is 16.3. The van der Waals surface area contributed by atoms with Gasteiger partial charge in [0.15, 0.2) is 0 Å². The van der Waals surface area contributed by atoms with Crippen LogP contribution in [0.25, 0.3) is 0 Å². The van der Waals surface area contributed by atoms with E-state index in [1.807, 2.05) is 43.1 Å². The molecule has 2 N–H and O–H groups in total. The van der Waals surface area contributed by atoms with Crippen molar-refractivity contribution in [3.8, 4) is 5.75 Å². The maximum absolute atomic E-state index is 12.5. The molecule has 1 aromatic carbocycles. The third-order valence-corrected chi connectivity index (χ3v) is 3.95. The highest BCUT2D eigenvalue weighted by molar-refractivity contribution is 5.81. The van der Waals surface area contributed by atoms with Crippen LogP contribution in [0.1, 0.15) is 38.8 Å². The van der Waals surface area contributed by atoms with Crippen molar-refractivity contribution in [2.75, 3.05) is 20.2 Å². The molecule has 0 bridgehead atoms. The van der Waals surface area contributed by atoms with Crippen molar-refractivity contribution < 1.29 is 14.6 Å². The van der Waals surface area contributed by atoms with Crippen molar-refractivity contribution in [1.82, 2.24) is 10.2 Å². The largest absolute Gasteiger partial charge is 0.493 e. The monoisotopic (exact) mass is 306 g/mol. The molecule has 2 unspecified atom stereocenters. The molecule has 1 aliphatic rings. The first-order valence-corrected chi connectivity index (χ1v) is 7.72. The third kappa shape index (κ3) is 4.21. The predicted octanol–water partition coefficient (Wildman–Crippen LogP) is 1.72. The molecule has 0 aliphatic carbocycles. The van der Waals surface area contributed by atoms with E-state index in [1.165, 1.54) is 0 Å². The third-order valence-electron chi connectivity index (χ3n) is 3.95. The summed E-state index contributed by atoms with van der Waals surface area (Å²) >= 11 is 0. The zero-order valence-corrected chi connectivity index (χ0v) is 13.8. The van der Waals surface area contributed by atoms with Crippen molar-refractivity contribution in [3.63, 3.8) is 0 Å². The molecule has 5 nitrogen and oxygen atoms in total. The summed E-state index contributed by atoms with van der Waals surface area (Å²) in [6.07, 6.45) is 0.769. The zero-order valence-electron chi connectivity index (χ0n) is 13.8. The lowest BCUT2D eigenvalue weighted by Crippen LogP contribution is -2.49. The molecule has 122 valence electrons. The summed E-state index contributed by atoms with van der Waals surface area (Å²) in [4.78, 5) is 14.3. The van der Waals surface area contributed by atoms with E-state index in [0.717, 1.165) is 17.7 Å². The molecule has 0 spiro atoms. The Balaban J connectivity index is 2.01.